The normalized spacial score (nSPS) is 8.53. The van der Waals surface area contributed by atoms with Gasteiger partial charge >= 0.3 is 0 Å². The molecule has 0 aliphatic heterocycles. The van der Waals surface area contributed by atoms with Crippen molar-refractivity contribution in [3.05, 3.63) is 18.0 Å². The largest absolute Gasteiger partial charge is 0.357 e. The molecule has 0 bridgehead atoms. The number of rotatable bonds is 2. The number of hydrogen-bond donors (Lipinski definition) is 2. The molecule has 0 spiro atoms. The zero-order chi connectivity index (χ0) is 11.7. The minimum absolute atomic E-state index is 0.214. The van der Waals surface area contributed by atoms with Gasteiger partial charge < -0.3 is 10.6 Å². The Morgan fingerprint density at radius 3 is 2.47 bits per heavy atom. The first-order chi connectivity index (χ1) is 7.19. The summed E-state index contributed by atoms with van der Waals surface area (Å²) in [4.78, 5) is 18.9. The molecule has 15 heavy (non-hydrogen) atoms. The van der Waals surface area contributed by atoms with E-state index >= 15 is 0 Å². The van der Waals surface area contributed by atoms with E-state index in [1.165, 1.54) is 12.6 Å². The fraction of sp³-hybridized carbons (Fsp3) is 0.500. The van der Waals surface area contributed by atoms with Gasteiger partial charge in [0, 0.05) is 20.3 Å². The highest BCUT2D eigenvalue weighted by atomic mass is 16.1. The summed E-state index contributed by atoms with van der Waals surface area (Å²) in [6.45, 7) is 4.25. The van der Waals surface area contributed by atoms with Crippen LogP contribution < -0.4 is 10.6 Å². The predicted molar refractivity (Wildman–Crippen MR) is 60.9 cm³/mol. The van der Waals surface area contributed by atoms with Crippen molar-refractivity contribution in [1.82, 2.24) is 15.3 Å². The first kappa shape index (κ1) is 13.4. The molecule has 0 aromatic carbocycles. The van der Waals surface area contributed by atoms with E-state index in [1.807, 2.05) is 0 Å². The van der Waals surface area contributed by atoms with E-state index in [4.69, 9.17) is 0 Å². The van der Waals surface area contributed by atoms with Gasteiger partial charge in [-0.2, -0.15) is 0 Å². The summed E-state index contributed by atoms with van der Waals surface area (Å²) in [5.74, 6) is 0.227. The van der Waals surface area contributed by atoms with E-state index in [1.54, 1.807) is 20.2 Å². The number of nitrogens with zero attached hydrogens (tertiary/aromatic N) is 2. The molecule has 1 amide bonds. The van der Waals surface area contributed by atoms with Crippen molar-refractivity contribution >= 4 is 11.9 Å². The molecule has 1 rings (SSSR count). The smallest absolute Gasteiger partial charge is 0.269 e. The van der Waals surface area contributed by atoms with Crippen LogP contribution >= 0.6 is 0 Å². The maximum atomic E-state index is 11.1. The lowest BCUT2D eigenvalue weighted by atomic mass is 10.4. The minimum Gasteiger partial charge on any atom is -0.357 e. The van der Waals surface area contributed by atoms with E-state index in [0.717, 1.165) is 0 Å². The molecule has 1 heterocycles. The highest BCUT2D eigenvalue weighted by molar-refractivity contribution is 5.92. The number of amides is 1. The monoisotopic (exact) mass is 210 g/mol. The Kier molecular flexibility index (Phi) is 6.88. The van der Waals surface area contributed by atoms with Crippen molar-refractivity contribution in [2.24, 2.45) is 0 Å². The van der Waals surface area contributed by atoms with Gasteiger partial charge in [-0.15, -0.1) is 0 Å². The molecule has 0 atom stereocenters. The number of hydrogen-bond acceptors (Lipinski definition) is 4. The Labute approximate surface area is 90.3 Å². The molecule has 0 saturated heterocycles. The summed E-state index contributed by atoms with van der Waals surface area (Å²) in [5.41, 5.74) is 0.358. The Bertz CT molecular complexity index is 301. The predicted octanol–water partition coefficient (Wildman–Crippen LogP) is 1.29. The Morgan fingerprint density at radius 1 is 1.40 bits per heavy atom. The van der Waals surface area contributed by atoms with Crippen LogP contribution in [0.25, 0.3) is 0 Å². The van der Waals surface area contributed by atoms with Crippen molar-refractivity contribution in [2.45, 2.75) is 20.3 Å². The van der Waals surface area contributed by atoms with Gasteiger partial charge in [-0.05, 0) is 6.07 Å². The van der Waals surface area contributed by atoms with Crippen LogP contribution in [0.15, 0.2) is 12.3 Å². The summed E-state index contributed by atoms with van der Waals surface area (Å²) in [6.07, 6.45) is 2.78. The molecule has 2 N–H and O–H groups in total. The fourth-order valence-electron chi connectivity index (χ4n) is 0.734. The third-order valence-corrected chi connectivity index (χ3v) is 1.34. The molecule has 0 fully saturated rings. The molecule has 0 aliphatic rings. The standard InChI is InChI=1S/C7H10N4O.C3H8/c1-8-6(12)5-3-4-10-7(9-2)11-5;1-3-2/h3-4H,1-2H3,(H,8,12)(H,9,10,11);3H2,1-2H3. The van der Waals surface area contributed by atoms with Gasteiger partial charge in [-0.25, -0.2) is 9.97 Å². The van der Waals surface area contributed by atoms with Crippen molar-refractivity contribution in [3.8, 4) is 0 Å². The van der Waals surface area contributed by atoms with E-state index < -0.39 is 0 Å². The van der Waals surface area contributed by atoms with E-state index in [2.05, 4.69) is 34.4 Å². The SMILES string of the molecule is CCC.CNC(=O)c1ccnc(NC)n1. The Hall–Kier alpha value is -1.65. The second-order valence-corrected chi connectivity index (χ2v) is 2.80. The Morgan fingerprint density at radius 2 is 2.00 bits per heavy atom. The number of nitrogens with one attached hydrogen (secondary N) is 2. The summed E-state index contributed by atoms with van der Waals surface area (Å²) in [5, 5.41) is 5.22. The van der Waals surface area contributed by atoms with Crippen molar-refractivity contribution in [3.63, 3.8) is 0 Å². The lowest BCUT2D eigenvalue weighted by molar-refractivity contribution is 0.0958. The van der Waals surface area contributed by atoms with Crippen LogP contribution in [0.4, 0.5) is 5.95 Å². The zero-order valence-corrected chi connectivity index (χ0v) is 9.66. The quantitative estimate of drug-likeness (QED) is 0.772. The highest BCUT2D eigenvalue weighted by Gasteiger charge is 2.04. The Balaban J connectivity index is 0.000000583. The minimum atomic E-state index is -0.214. The maximum absolute atomic E-state index is 11.1. The van der Waals surface area contributed by atoms with Crippen LogP contribution in [0.3, 0.4) is 0 Å². The van der Waals surface area contributed by atoms with Crippen LogP contribution in [0, 0.1) is 0 Å². The first-order valence-corrected chi connectivity index (χ1v) is 4.92. The second kappa shape index (κ2) is 7.73. The number of aromatic nitrogens is 2. The van der Waals surface area contributed by atoms with Crippen LogP contribution in [-0.4, -0.2) is 30.0 Å². The van der Waals surface area contributed by atoms with Crippen LogP contribution in [-0.2, 0) is 0 Å². The maximum Gasteiger partial charge on any atom is 0.269 e. The molecule has 0 unspecified atom stereocenters. The molecule has 84 valence electrons. The molecule has 0 aliphatic carbocycles. The molecule has 0 saturated carbocycles. The number of anilines is 1. The molecular formula is C10H18N4O. The molecule has 5 nitrogen and oxygen atoms in total. The summed E-state index contributed by atoms with van der Waals surface area (Å²) in [6, 6.07) is 1.56. The van der Waals surface area contributed by atoms with Crippen LogP contribution in [0.2, 0.25) is 0 Å². The van der Waals surface area contributed by atoms with E-state index in [9.17, 15) is 4.79 Å². The zero-order valence-electron chi connectivity index (χ0n) is 9.66. The summed E-state index contributed by atoms with van der Waals surface area (Å²) in [7, 11) is 3.26. The molecule has 1 aromatic heterocycles. The second-order valence-electron chi connectivity index (χ2n) is 2.80. The van der Waals surface area contributed by atoms with Gasteiger partial charge in [0.15, 0.2) is 0 Å². The first-order valence-electron chi connectivity index (χ1n) is 4.92. The molecule has 0 radical (unpaired) electrons. The highest BCUT2D eigenvalue weighted by Crippen LogP contribution is 1.98. The fourth-order valence-corrected chi connectivity index (χ4v) is 0.734. The van der Waals surface area contributed by atoms with Gasteiger partial charge in [0.2, 0.25) is 5.95 Å². The van der Waals surface area contributed by atoms with Crippen LogP contribution in [0.1, 0.15) is 30.8 Å². The number of carbonyl (C=O) groups is 1. The summed E-state index contributed by atoms with van der Waals surface area (Å²) < 4.78 is 0. The molecular weight excluding hydrogens is 192 g/mol. The van der Waals surface area contributed by atoms with Crippen LogP contribution in [0.5, 0.6) is 0 Å². The lowest BCUT2D eigenvalue weighted by Crippen LogP contribution is -2.19. The van der Waals surface area contributed by atoms with Gasteiger partial charge in [0.25, 0.3) is 5.91 Å². The van der Waals surface area contributed by atoms with E-state index in [-0.39, 0.29) is 5.91 Å². The lowest BCUT2D eigenvalue weighted by Gasteiger charge is -2.00. The van der Waals surface area contributed by atoms with Crippen molar-refractivity contribution in [1.29, 1.82) is 0 Å². The van der Waals surface area contributed by atoms with Crippen molar-refractivity contribution in [2.75, 3.05) is 19.4 Å². The summed E-state index contributed by atoms with van der Waals surface area (Å²) >= 11 is 0. The average Bonchev–Trinajstić information content (AvgIpc) is 2.29. The average molecular weight is 210 g/mol. The number of carbonyl (C=O) groups excluding carboxylic acids is 1. The van der Waals surface area contributed by atoms with Gasteiger partial charge in [0.05, 0.1) is 0 Å². The topological polar surface area (TPSA) is 66.9 Å². The van der Waals surface area contributed by atoms with Crippen molar-refractivity contribution < 1.29 is 4.79 Å². The van der Waals surface area contributed by atoms with E-state index in [0.29, 0.717) is 11.6 Å². The molecule has 5 heteroatoms. The third kappa shape index (κ3) is 4.95. The third-order valence-electron chi connectivity index (χ3n) is 1.34. The molecule has 1 aromatic rings. The van der Waals surface area contributed by atoms with Gasteiger partial charge in [0.1, 0.15) is 5.69 Å². The van der Waals surface area contributed by atoms with Gasteiger partial charge in [-0.3, -0.25) is 4.79 Å². The van der Waals surface area contributed by atoms with Gasteiger partial charge in [-0.1, -0.05) is 20.3 Å².